The molecule has 0 atom stereocenters. The lowest BCUT2D eigenvalue weighted by atomic mass is 9.67. The van der Waals surface area contributed by atoms with Gasteiger partial charge in [0.2, 0.25) is 0 Å². The quantitative estimate of drug-likeness (QED) is 0.129. The predicted octanol–water partition coefficient (Wildman–Crippen LogP) is 20.2. The number of nitrogens with zero attached hydrogens (tertiary/aromatic N) is 5. The van der Waals surface area contributed by atoms with Crippen LogP contribution in [0.2, 0.25) is 0 Å². The van der Waals surface area contributed by atoms with Crippen molar-refractivity contribution in [2.75, 3.05) is 9.80 Å². The van der Waals surface area contributed by atoms with E-state index in [1.807, 2.05) is 24.3 Å². The van der Waals surface area contributed by atoms with Gasteiger partial charge in [-0.1, -0.05) is 200 Å². The van der Waals surface area contributed by atoms with E-state index in [0.29, 0.717) is 11.1 Å². The molecular formula is C82H53N5. The van der Waals surface area contributed by atoms with Gasteiger partial charge in [-0.3, -0.25) is 0 Å². The molecule has 0 spiro atoms. The van der Waals surface area contributed by atoms with E-state index in [1.165, 1.54) is 66.8 Å². The van der Waals surface area contributed by atoms with Gasteiger partial charge in [0.1, 0.15) is 0 Å². The second-order valence-electron chi connectivity index (χ2n) is 22.6. The van der Waals surface area contributed by atoms with Crippen molar-refractivity contribution in [1.29, 1.82) is 10.5 Å². The highest BCUT2D eigenvalue weighted by atomic mass is 15.2. The SMILES string of the molecule is N#Cc1ccc(N(c2ccc3c(c2)C(c2ccccc2)(c2ccccc2)c2ccccc2-3)c2ccc3c(c2)c2cc(N(c4ccc(C#N)cc4)c4ccc5c(c4)C(c4ccccc4)(c4ccccc4)c4ccccc4-5)ccc2n3-c2ccccc2)cc1. The molecule has 14 aromatic rings. The summed E-state index contributed by atoms with van der Waals surface area (Å²) in [6.45, 7) is 0. The maximum atomic E-state index is 10.1. The number of hydrogen-bond acceptors (Lipinski definition) is 4. The second-order valence-corrected chi connectivity index (χ2v) is 22.6. The minimum absolute atomic E-state index is 0.592. The van der Waals surface area contributed by atoms with E-state index < -0.39 is 10.8 Å². The molecule has 5 heteroatoms. The highest BCUT2D eigenvalue weighted by Crippen LogP contribution is 2.59. The maximum Gasteiger partial charge on any atom is 0.0991 e. The average molecular weight is 1110 g/mol. The predicted molar refractivity (Wildman–Crippen MR) is 354 cm³/mol. The zero-order valence-corrected chi connectivity index (χ0v) is 47.3. The molecule has 0 radical (unpaired) electrons. The van der Waals surface area contributed by atoms with Gasteiger partial charge in [0, 0.05) is 50.6 Å². The molecule has 0 fully saturated rings. The summed E-state index contributed by atoms with van der Waals surface area (Å²) in [5.74, 6) is 0. The monoisotopic (exact) mass is 1110 g/mol. The van der Waals surface area contributed by atoms with Crippen molar-refractivity contribution in [3.05, 3.63) is 377 Å². The molecule has 0 N–H and O–H groups in total. The molecular weight excluding hydrogens is 1050 g/mol. The molecule has 87 heavy (non-hydrogen) atoms. The van der Waals surface area contributed by atoms with Crippen molar-refractivity contribution < 1.29 is 0 Å². The smallest absolute Gasteiger partial charge is 0.0991 e. The number of aromatic nitrogens is 1. The van der Waals surface area contributed by atoms with Crippen LogP contribution in [0.5, 0.6) is 0 Å². The van der Waals surface area contributed by atoms with Crippen LogP contribution in [0.25, 0.3) is 49.7 Å². The number of rotatable bonds is 11. The van der Waals surface area contributed by atoms with Gasteiger partial charge in [0.25, 0.3) is 0 Å². The third kappa shape index (κ3) is 7.84. The first-order valence-electron chi connectivity index (χ1n) is 29.5. The Kier molecular flexibility index (Phi) is 12.0. The van der Waals surface area contributed by atoms with Crippen LogP contribution in [0.1, 0.15) is 55.6 Å². The van der Waals surface area contributed by atoms with Crippen LogP contribution >= 0.6 is 0 Å². The minimum atomic E-state index is -0.613. The zero-order chi connectivity index (χ0) is 58.1. The first-order chi connectivity index (χ1) is 43.1. The summed E-state index contributed by atoms with van der Waals surface area (Å²) in [6.07, 6.45) is 0. The molecule has 13 aromatic carbocycles. The van der Waals surface area contributed by atoms with Crippen LogP contribution in [-0.4, -0.2) is 4.57 Å². The number of hydrogen-bond donors (Lipinski definition) is 0. The van der Waals surface area contributed by atoms with E-state index in [-0.39, 0.29) is 0 Å². The molecule has 406 valence electrons. The summed E-state index contributed by atoms with van der Waals surface area (Å²) in [5, 5.41) is 22.4. The van der Waals surface area contributed by atoms with Crippen LogP contribution < -0.4 is 9.80 Å². The van der Waals surface area contributed by atoms with Crippen molar-refractivity contribution >= 4 is 55.9 Å². The summed E-state index contributed by atoms with van der Waals surface area (Å²) >= 11 is 0. The molecule has 2 aliphatic rings. The van der Waals surface area contributed by atoms with E-state index in [0.717, 1.165) is 61.6 Å². The largest absolute Gasteiger partial charge is 0.310 e. The van der Waals surface area contributed by atoms with Crippen molar-refractivity contribution in [3.8, 4) is 40.1 Å². The van der Waals surface area contributed by atoms with Crippen molar-refractivity contribution in [3.63, 3.8) is 0 Å². The van der Waals surface area contributed by atoms with Gasteiger partial charge in [-0.05, 0) is 188 Å². The van der Waals surface area contributed by atoms with E-state index in [2.05, 4.69) is 324 Å². The minimum Gasteiger partial charge on any atom is -0.310 e. The van der Waals surface area contributed by atoms with E-state index >= 15 is 0 Å². The molecule has 0 saturated heterocycles. The molecule has 16 rings (SSSR count). The van der Waals surface area contributed by atoms with Crippen molar-refractivity contribution in [1.82, 2.24) is 4.57 Å². The normalized spacial score (nSPS) is 13.0. The Morgan fingerprint density at radius 2 is 0.563 bits per heavy atom. The first-order valence-corrected chi connectivity index (χ1v) is 29.5. The Labute approximate surface area is 506 Å². The fourth-order valence-electron chi connectivity index (χ4n) is 14.5. The molecule has 0 amide bonds. The number of benzene rings is 13. The Morgan fingerprint density at radius 3 is 0.931 bits per heavy atom. The molecule has 1 heterocycles. The van der Waals surface area contributed by atoms with Crippen LogP contribution in [-0.2, 0) is 10.8 Å². The molecule has 0 saturated carbocycles. The third-order valence-electron chi connectivity index (χ3n) is 18.2. The molecule has 1 aromatic heterocycles. The molecule has 2 aliphatic carbocycles. The fourth-order valence-corrected chi connectivity index (χ4v) is 14.5. The third-order valence-corrected chi connectivity index (χ3v) is 18.2. The fraction of sp³-hybridized carbons (Fsp3) is 0.0244. The highest BCUT2D eigenvalue weighted by Gasteiger charge is 2.48. The molecule has 0 unspecified atom stereocenters. The summed E-state index contributed by atoms with van der Waals surface area (Å²) in [7, 11) is 0. The van der Waals surface area contributed by atoms with Crippen molar-refractivity contribution in [2.45, 2.75) is 10.8 Å². The molecule has 0 bridgehead atoms. The van der Waals surface area contributed by atoms with E-state index in [9.17, 15) is 10.5 Å². The standard InChI is InChI=1S/C82H53N5/c83-54-56-34-38-63(39-35-56)85(67-42-46-71-69-30-16-18-32-75(69)81(77(71)52-67,58-20-6-1-7-21-58)59-22-8-2-9-23-59)65-44-48-79-73(50-65)74-51-66(45-49-80(74)87(79)62-28-14-5-15-29-62)86(64-40-36-57(55-84)37-41-64)68-43-47-72-70-31-17-19-33-76(70)82(78(72)53-68,60-24-10-3-11-25-60)61-26-12-4-13-27-61/h1-53H. The van der Waals surface area contributed by atoms with Gasteiger partial charge >= 0.3 is 0 Å². The van der Waals surface area contributed by atoms with Gasteiger partial charge in [-0.2, -0.15) is 10.5 Å². The Balaban J connectivity index is 0.927. The lowest BCUT2D eigenvalue weighted by molar-refractivity contribution is 0.768. The average Bonchev–Trinajstić information content (AvgIpc) is 1.61. The lowest BCUT2D eigenvalue weighted by Crippen LogP contribution is -2.28. The van der Waals surface area contributed by atoms with Gasteiger partial charge in [-0.15, -0.1) is 0 Å². The number of fused-ring (bicyclic) bond motifs is 9. The van der Waals surface area contributed by atoms with Gasteiger partial charge < -0.3 is 14.4 Å². The highest BCUT2D eigenvalue weighted by molar-refractivity contribution is 6.12. The summed E-state index contributed by atoms with van der Waals surface area (Å²) in [5.41, 5.74) is 23.4. The molecule has 0 aliphatic heterocycles. The van der Waals surface area contributed by atoms with Crippen LogP contribution in [0.15, 0.2) is 322 Å². The van der Waals surface area contributed by atoms with Crippen LogP contribution in [0, 0.1) is 22.7 Å². The first kappa shape index (κ1) is 50.9. The van der Waals surface area contributed by atoms with Gasteiger partial charge in [-0.25, -0.2) is 0 Å². The number of para-hydroxylation sites is 1. The summed E-state index contributed by atoms with van der Waals surface area (Å²) < 4.78 is 2.37. The van der Waals surface area contributed by atoms with Crippen LogP contribution in [0.4, 0.5) is 34.1 Å². The van der Waals surface area contributed by atoms with Crippen molar-refractivity contribution in [2.24, 2.45) is 0 Å². The van der Waals surface area contributed by atoms with E-state index in [4.69, 9.17) is 0 Å². The van der Waals surface area contributed by atoms with Crippen LogP contribution in [0.3, 0.4) is 0 Å². The Hall–Kier alpha value is -11.8. The topological polar surface area (TPSA) is 59.0 Å². The lowest BCUT2D eigenvalue weighted by Gasteiger charge is -2.35. The van der Waals surface area contributed by atoms with Gasteiger partial charge in [0.15, 0.2) is 0 Å². The van der Waals surface area contributed by atoms with Gasteiger partial charge in [0.05, 0.1) is 45.1 Å². The molecule has 5 nitrogen and oxygen atoms in total. The zero-order valence-electron chi connectivity index (χ0n) is 47.3. The van der Waals surface area contributed by atoms with E-state index in [1.54, 1.807) is 0 Å². The number of nitriles is 2. The Morgan fingerprint density at radius 1 is 0.264 bits per heavy atom. The number of anilines is 6. The summed E-state index contributed by atoms with van der Waals surface area (Å²) in [6, 6.07) is 120. The second kappa shape index (κ2) is 20.5. The summed E-state index contributed by atoms with van der Waals surface area (Å²) in [4.78, 5) is 4.69. The maximum absolute atomic E-state index is 10.1. The Bertz CT molecular complexity index is 4660.